The lowest BCUT2D eigenvalue weighted by molar-refractivity contribution is 0.398. The number of aromatic nitrogens is 1. The van der Waals surface area contributed by atoms with Gasteiger partial charge in [-0.2, -0.15) is 0 Å². The molecule has 0 bridgehead atoms. The van der Waals surface area contributed by atoms with Crippen LogP contribution in [0.1, 0.15) is 6.42 Å². The first kappa shape index (κ1) is 14.3. The molecular formula is C15H17N3OS. The molecule has 0 unspecified atom stereocenters. The summed E-state index contributed by atoms with van der Waals surface area (Å²) in [5.74, 6) is 0.582. The fourth-order valence-electron chi connectivity index (χ4n) is 1.92. The molecule has 0 aliphatic rings. The van der Waals surface area contributed by atoms with Crippen molar-refractivity contribution in [3.05, 3.63) is 48.7 Å². The summed E-state index contributed by atoms with van der Waals surface area (Å²) in [6.45, 7) is 0.715. The number of thiocarbonyl (C=S) groups is 1. The normalized spacial score (nSPS) is 10.1. The Morgan fingerprint density at radius 2 is 2.00 bits per heavy atom. The second-order valence-electron chi connectivity index (χ2n) is 4.26. The van der Waals surface area contributed by atoms with Gasteiger partial charge in [0.2, 0.25) is 5.88 Å². The molecule has 20 heavy (non-hydrogen) atoms. The summed E-state index contributed by atoms with van der Waals surface area (Å²) < 4.78 is 5.18. The van der Waals surface area contributed by atoms with E-state index in [1.807, 2.05) is 42.5 Å². The van der Waals surface area contributed by atoms with Crippen LogP contribution >= 0.6 is 12.2 Å². The van der Waals surface area contributed by atoms with Gasteiger partial charge in [-0.15, -0.1) is 0 Å². The first-order chi connectivity index (χ1) is 9.70. The van der Waals surface area contributed by atoms with Crippen LogP contribution in [0.3, 0.4) is 0 Å². The number of nitrogens with zero attached hydrogens (tertiary/aromatic N) is 2. The van der Waals surface area contributed by atoms with Crippen molar-refractivity contribution in [3.8, 4) is 5.88 Å². The highest BCUT2D eigenvalue weighted by Crippen LogP contribution is 2.27. The quantitative estimate of drug-likeness (QED) is 0.828. The molecule has 0 saturated heterocycles. The number of pyridine rings is 1. The third kappa shape index (κ3) is 3.68. The molecule has 104 valence electrons. The number of nitrogens with two attached hydrogens (primary N) is 1. The molecular weight excluding hydrogens is 270 g/mol. The lowest BCUT2D eigenvalue weighted by Gasteiger charge is -2.25. The average molecular weight is 287 g/mol. The summed E-state index contributed by atoms with van der Waals surface area (Å²) in [5, 5.41) is 0. The second kappa shape index (κ2) is 6.86. The molecule has 0 saturated carbocycles. The van der Waals surface area contributed by atoms with Crippen LogP contribution in [-0.4, -0.2) is 23.6 Å². The Bertz CT molecular complexity index is 574. The van der Waals surface area contributed by atoms with Crippen molar-refractivity contribution < 1.29 is 4.74 Å². The molecule has 0 fully saturated rings. The maximum absolute atomic E-state index is 5.62. The van der Waals surface area contributed by atoms with Gasteiger partial charge in [0.25, 0.3) is 0 Å². The number of anilines is 2. The first-order valence-electron chi connectivity index (χ1n) is 6.31. The SMILES string of the molecule is COc1cc(N(CCC(N)=S)c2ccccc2)ccn1. The Morgan fingerprint density at radius 1 is 1.25 bits per heavy atom. The van der Waals surface area contributed by atoms with Gasteiger partial charge in [0.15, 0.2) is 0 Å². The highest BCUT2D eigenvalue weighted by molar-refractivity contribution is 7.80. The highest BCUT2D eigenvalue weighted by Gasteiger charge is 2.10. The van der Waals surface area contributed by atoms with Crippen molar-refractivity contribution in [1.82, 2.24) is 4.98 Å². The number of ether oxygens (including phenoxy) is 1. The number of methoxy groups -OCH3 is 1. The average Bonchev–Trinajstić information content (AvgIpc) is 2.48. The van der Waals surface area contributed by atoms with Gasteiger partial charge >= 0.3 is 0 Å². The van der Waals surface area contributed by atoms with Crippen LogP contribution in [0.2, 0.25) is 0 Å². The van der Waals surface area contributed by atoms with Crippen LogP contribution in [0.5, 0.6) is 5.88 Å². The minimum atomic E-state index is 0.506. The molecule has 1 aromatic heterocycles. The van der Waals surface area contributed by atoms with Crippen molar-refractivity contribution in [2.45, 2.75) is 6.42 Å². The summed E-state index contributed by atoms with van der Waals surface area (Å²) in [4.78, 5) is 6.78. The molecule has 0 amide bonds. The highest BCUT2D eigenvalue weighted by atomic mass is 32.1. The van der Waals surface area contributed by atoms with E-state index in [2.05, 4.69) is 9.88 Å². The summed E-state index contributed by atoms with van der Waals surface area (Å²) in [5.41, 5.74) is 7.70. The first-order valence-corrected chi connectivity index (χ1v) is 6.72. The van der Waals surface area contributed by atoms with E-state index in [0.29, 0.717) is 23.8 Å². The Labute approximate surface area is 124 Å². The molecule has 0 aliphatic heterocycles. The van der Waals surface area contributed by atoms with Crippen LogP contribution in [0, 0.1) is 0 Å². The van der Waals surface area contributed by atoms with E-state index in [0.717, 1.165) is 11.4 Å². The largest absolute Gasteiger partial charge is 0.481 e. The van der Waals surface area contributed by atoms with Crippen LogP contribution in [0.25, 0.3) is 0 Å². The van der Waals surface area contributed by atoms with Gasteiger partial charge in [0.1, 0.15) is 0 Å². The lowest BCUT2D eigenvalue weighted by atomic mass is 10.2. The lowest BCUT2D eigenvalue weighted by Crippen LogP contribution is -2.23. The third-order valence-corrected chi connectivity index (χ3v) is 3.09. The fourth-order valence-corrected chi connectivity index (χ4v) is 2.01. The van der Waals surface area contributed by atoms with Crippen molar-refractivity contribution in [2.75, 3.05) is 18.6 Å². The van der Waals surface area contributed by atoms with Gasteiger partial charge in [0, 0.05) is 36.6 Å². The van der Waals surface area contributed by atoms with Crippen molar-refractivity contribution in [1.29, 1.82) is 0 Å². The van der Waals surface area contributed by atoms with Crippen molar-refractivity contribution in [3.63, 3.8) is 0 Å². The fraction of sp³-hybridized carbons (Fsp3) is 0.200. The second-order valence-corrected chi connectivity index (χ2v) is 4.78. The number of hydrogen-bond donors (Lipinski definition) is 1. The van der Waals surface area contributed by atoms with Gasteiger partial charge in [-0.1, -0.05) is 30.4 Å². The van der Waals surface area contributed by atoms with Crippen molar-refractivity contribution >= 4 is 28.6 Å². The molecule has 0 spiro atoms. The number of benzene rings is 1. The maximum Gasteiger partial charge on any atom is 0.214 e. The predicted molar refractivity (Wildman–Crippen MR) is 85.6 cm³/mol. The molecule has 4 nitrogen and oxygen atoms in total. The smallest absolute Gasteiger partial charge is 0.214 e. The van der Waals surface area contributed by atoms with E-state index < -0.39 is 0 Å². The predicted octanol–water partition coefficient (Wildman–Crippen LogP) is 2.90. The van der Waals surface area contributed by atoms with E-state index in [9.17, 15) is 0 Å². The Balaban J connectivity index is 2.32. The zero-order chi connectivity index (χ0) is 14.4. The minimum absolute atomic E-state index is 0.506. The summed E-state index contributed by atoms with van der Waals surface area (Å²) in [7, 11) is 1.61. The Hall–Kier alpha value is -2.14. The maximum atomic E-state index is 5.62. The molecule has 0 atom stereocenters. The number of rotatable bonds is 6. The van der Waals surface area contributed by atoms with Gasteiger partial charge in [0.05, 0.1) is 12.1 Å². The molecule has 5 heteroatoms. The third-order valence-electron chi connectivity index (χ3n) is 2.89. The topological polar surface area (TPSA) is 51.4 Å². The van der Waals surface area contributed by atoms with Crippen LogP contribution in [0.4, 0.5) is 11.4 Å². The molecule has 0 radical (unpaired) electrons. The van der Waals surface area contributed by atoms with Crippen LogP contribution < -0.4 is 15.4 Å². The van der Waals surface area contributed by atoms with Gasteiger partial charge in [-0.3, -0.25) is 0 Å². The molecule has 1 aromatic carbocycles. The van der Waals surface area contributed by atoms with Crippen molar-refractivity contribution in [2.24, 2.45) is 5.73 Å². The number of para-hydroxylation sites is 1. The minimum Gasteiger partial charge on any atom is -0.481 e. The summed E-state index contributed by atoms with van der Waals surface area (Å²) in [6.07, 6.45) is 2.37. The van der Waals surface area contributed by atoms with Gasteiger partial charge in [-0.25, -0.2) is 4.98 Å². The van der Waals surface area contributed by atoms with E-state index in [1.165, 1.54) is 0 Å². The monoisotopic (exact) mass is 287 g/mol. The summed E-state index contributed by atoms with van der Waals surface area (Å²) >= 11 is 4.98. The van der Waals surface area contributed by atoms with Gasteiger partial charge < -0.3 is 15.4 Å². The molecule has 2 rings (SSSR count). The molecule has 1 heterocycles. The molecule has 0 aliphatic carbocycles. The van der Waals surface area contributed by atoms with E-state index in [4.69, 9.17) is 22.7 Å². The summed E-state index contributed by atoms with van der Waals surface area (Å²) in [6, 6.07) is 13.9. The molecule has 2 N–H and O–H groups in total. The van der Waals surface area contributed by atoms with E-state index in [-0.39, 0.29) is 0 Å². The standard InChI is InChI=1S/C15H17N3OS/c1-19-15-11-13(7-9-17-15)18(10-8-14(16)20)12-5-3-2-4-6-12/h2-7,9,11H,8,10H2,1H3,(H2,16,20). The number of hydrogen-bond acceptors (Lipinski definition) is 4. The van der Waals surface area contributed by atoms with E-state index >= 15 is 0 Å². The Kier molecular flexibility index (Phi) is 4.90. The van der Waals surface area contributed by atoms with Gasteiger partial charge in [-0.05, 0) is 18.2 Å². The zero-order valence-electron chi connectivity index (χ0n) is 11.3. The zero-order valence-corrected chi connectivity index (χ0v) is 12.1. The van der Waals surface area contributed by atoms with Crippen LogP contribution in [-0.2, 0) is 0 Å². The van der Waals surface area contributed by atoms with E-state index in [1.54, 1.807) is 13.3 Å². The molecule has 2 aromatic rings. The van der Waals surface area contributed by atoms with Crippen LogP contribution in [0.15, 0.2) is 48.7 Å². The Morgan fingerprint density at radius 3 is 2.65 bits per heavy atom.